The lowest BCUT2D eigenvalue weighted by atomic mass is 9.99. The molecule has 0 radical (unpaired) electrons. The van der Waals surface area contributed by atoms with E-state index in [0.717, 1.165) is 30.4 Å². The van der Waals surface area contributed by atoms with E-state index in [2.05, 4.69) is 10.6 Å². The fourth-order valence-electron chi connectivity index (χ4n) is 4.05. The monoisotopic (exact) mass is 585 g/mol. The Morgan fingerprint density at radius 2 is 1.70 bits per heavy atom. The molecule has 1 saturated heterocycles. The van der Waals surface area contributed by atoms with Crippen molar-refractivity contribution in [3.63, 3.8) is 0 Å². The van der Waals surface area contributed by atoms with Crippen LogP contribution in [0, 0.1) is 0 Å². The highest BCUT2D eigenvalue weighted by molar-refractivity contribution is 7.99. The van der Waals surface area contributed by atoms with Gasteiger partial charge in [-0.05, 0) is 35.9 Å². The van der Waals surface area contributed by atoms with Gasteiger partial charge in [0.2, 0.25) is 11.8 Å². The van der Waals surface area contributed by atoms with E-state index < -0.39 is 51.5 Å². The Balaban J connectivity index is 1.67. The fourth-order valence-corrected chi connectivity index (χ4v) is 5.09. The van der Waals surface area contributed by atoms with Gasteiger partial charge < -0.3 is 20.3 Å². The van der Waals surface area contributed by atoms with Gasteiger partial charge in [-0.2, -0.15) is 26.3 Å². The van der Waals surface area contributed by atoms with Gasteiger partial charge in [0.15, 0.2) is 5.78 Å². The van der Waals surface area contributed by atoms with Crippen LogP contribution in [0.5, 0.6) is 0 Å². The average molecular weight is 586 g/mol. The number of hydrogen-bond acceptors (Lipinski definition) is 6. The Labute approximate surface area is 228 Å². The van der Waals surface area contributed by atoms with Gasteiger partial charge in [-0.25, -0.2) is 0 Å². The molecule has 0 aliphatic carbocycles. The highest BCUT2D eigenvalue weighted by atomic mass is 32.2. The predicted molar refractivity (Wildman–Crippen MR) is 133 cm³/mol. The number of nitrogens with zero attached hydrogens (tertiary/aromatic N) is 1. The number of rotatable bonds is 6. The predicted octanol–water partition coefficient (Wildman–Crippen LogP) is 5.09. The van der Waals surface area contributed by atoms with Crippen LogP contribution in [0.4, 0.5) is 32.0 Å². The number of carbonyl (C=O) groups is 3. The van der Waals surface area contributed by atoms with Gasteiger partial charge in [-0.15, -0.1) is 0 Å². The average Bonchev–Trinajstić information content (AvgIpc) is 2.86. The number of amides is 2. The molecule has 0 spiro atoms. The number of allylic oxidation sites excluding steroid dienone is 1. The lowest BCUT2D eigenvalue weighted by Gasteiger charge is -2.25. The number of halogens is 6. The second-order valence-electron chi connectivity index (χ2n) is 8.67. The van der Waals surface area contributed by atoms with Gasteiger partial charge in [0.25, 0.3) is 0 Å². The zero-order valence-electron chi connectivity index (χ0n) is 20.5. The summed E-state index contributed by atoms with van der Waals surface area (Å²) in [6.07, 6.45) is -8.38. The quantitative estimate of drug-likeness (QED) is 0.279. The number of ether oxygens (including phenoxy) is 1. The summed E-state index contributed by atoms with van der Waals surface area (Å²) >= 11 is 0.458. The molecular weight excluding hydrogens is 564 g/mol. The minimum absolute atomic E-state index is 0.0569. The molecule has 2 amide bonds. The zero-order valence-corrected chi connectivity index (χ0v) is 21.3. The standard InChI is InChI=1S/C26H21F6N3O4S/c27-25(28,29)23-15(5-7-22(38)35-8-10-39-11-9-35)4-6-19(24(23)26(30,31)32)40-18-3-1-2-16(12-18)33-20-13-17(36)14-21(37)34-20/h1-7,12-13,33H,8-11,14H2,(H,34,37). The molecule has 0 saturated carbocycles. The normalized spacial score (nSPS) is 16.6. The van der Waals surface area contributed by atoms with Crippen molar-refractivity contribution >= 4 is 41.1 Å². The van der Waals surface area contributed by atoms with Crippen LogP contribution < -0.4 is 10.6 Å². The van der Waals surface area contributed by atoms with Gasteiger partial charge in [-0.1, -0.05) is 23.9 Å². The number of benzene rings is 2. The number of hydrogen-bond donors (Lipinski definition) is 2. The minimum atomic E-state index is -5.38. The van der Waals surface area contributed by atoms with Crippen LogP contribution in [0.15, 0.2) is 64.2 Å². The first-order valence-corrected chi connectivity index (χ1v) is 12.6. The maximum atomic E-state index is 14.2. The highest BCUT2D eigenvalue weighted by Gasteiger charge is 2.46. The number of ketones is 1. The van der Waals surface area contributed by atoms with Crippen LogP contribution in [-0.4, -0.2) is 48.8 Å². The maximum Gasteiger partial charge on any atom is 0.418 e. The molecule has 2 heterocycles. The minimum Gasteiger partial charge on any atom is -0.378 e. The van der Waals surface area contributed by atoms with Crippen molar-refractivity contribution in [1.82, 2.24) is 10.2 Å². The summed E-state index contributed by atoms with van der Waals surface area (Å²) in [6, 6.07) is 7.52. The van der Waals surface area contributed by atoms with Crippen molar-refractivity contribution in [2.24, 2.45) is 0 Å². The maximum absolute atomic E-state index is 14.2. The fraction of sp³-hybridized carbons (Fsp3) is 0.269. The van der Waals surface area contributed by atoms with Crippen LogP contribution >= 0.6 is 11.8 Å². The number of alkyl halides is 6. The smallest absolute Gasteiger partial charge is 0.378 e. The summed E-state index contributed by atoms with van der Waals surface area (Å²) in [5.41, 5.74) is -4.31. The highest BCUT2D eigenvalue weighted by Crippen LogP contribution is 2.48. The van der Waals surface area contributed by atoms with E-state index in [1.807, 2.05) is 0 Å². The molecule has 40 heavy (non-hydrogen) atoms. The molecule has 2 aliphatic rings. The molecule has 0 bridgehead atoms. The Hall–Kier alpha value is -3.78. The second-order valence-corrected chi connectivity index (χ2v) is 9.79. The first-order chi connectivity index (χ1) is 18.8. The third-order valence-corrected chi connectivity index (χ3v) is 6.80. The van der Waals surface area contributed by atoms with Crippen molar-refractivity contribution in [1.29, 1.82) is 0 Å². The third kappa shape index (κ3) is 7.24. The summed E-state index contributed by atoms with van der Waals surface area (Å²) in [7, 11) is 0. The Morgan fingerprint density at radius 1 is 1.00 bits per heavy atom. The van der Waals surface area contributed by atoms with E-state index in [1.165, 1.54) is 29.2 Å². The molecular formula is C26H21F6N3O4S. The van der Waals surface area contributed by atoms with Crippen LogP contribution in [0.25, 0.3) is 6.08 Å². The molecule has 2 aromatic carbocycles. The molecule has 0 unspecified atom stereocenters. The lowest BCUT2D eigenvalue weighted by molar-refractivity contribution is -0.163. The van der Waals surface area contributed by atoms with Crippen molar-refractivity contribution in [3.05, 3.63) is 71.1 Å². The lowest BCUT2D eigenvalue weighted by Crippen LogP contribution is -2.39. The first-order valence-electron chi connectivity index (χ1n) is 11.8. The van der Waals surface area contributed by atoms with E-state index in [9.17, 15) is 40.7 Å². The number of carbonyl (C=O) groups excluding carboxylic acids is 3. The number of anilines is 1. The summed E-state index contributed by atoms with van der Waals surface area (Å²) in [5, 5.41) is 5.19. The van der Waals surface area contributed by atoms with Crippen molar-refractivity contribution in [3.8, 4) is 0 Å². The topological polar surface area (TPSA) is 87.7 Å². The second kappa shape index (κ2) is 11.8. The third-order valence-electron chi connectivity index (χ3n) is 5.75. The molecule has 7 nitrogen and oxygen atoms in total. The van der Waals surface area contributed by atoms with E-state index in [0.29, 0.717) is 11.8 Å². The van der Waals surface area contributed by atoms with Crippen molar-refractivity contribution in [2.75, 3.05) is 31.6 Å². The van der Waals surface area contributed by atoms with Gasteiger partial charge >= 0.3 is 12.4 Å². The molecule has 0 atom stereocenters. The first kappa shape index (κ1) is 29.2. The summed E-state index contributed by atoms with van der Waals surface area (Å²) in [4.78, 5) is 36.3. The van der Waals surface area contributed by atoms with Gasteiger partial charge in [0, 0.05) is 40.7 Å². The summed E-state index contributed by atoms with van der Waals surface area (Å²) in [5.74, 6) is -1.58. The molecule has 1 fully saturated rings. The number of nitrogens with one attached hydrogen (secondary N) is 2. The molecule has 14 heteroatoms. The largest absolute Gasteiger partial charge is 0.418 e. The SMILES string of the molecule is O=C1C=C(Nc2cccc(Sc3ccc(C=CC(=O)N4CCOCC4)c(C(F)(F)F)c3C(F)(F)F)c2)NC(=O)C1. The van der Waals surface area contributed by atoms with Crippen LogP contribution in [0.2, 0.25) is 0 Å². The van der Waals surface area contributed by atoms with Crippen LogP contribution in [-0.2, 0) is 31.5 Å². The molecule has 2 aromatic rings. The van der Waals surface area contributed by atoms with E-state index in [1.54, 1.807) is 0 Å². The number of morpholine rings is 1. The Kier molecular flexibility index (Phi) is 8.59. The van der Waals surface area contributed by atoms with Gasteiger partial charge in [-0.3, -0.25) is 14.4 Å². The summed E-state index contributed by atoms with van der Waals surface area (Å²) in [6.45, 7) is 0.927. The summed E-state index contributed by atoms with van der Waals surface area (Å²) < 4.78 is 89.9. The van der Waals surface area contributed by atoms with Crippen molar-refractivity contribution in [2.45, 2.75) is 28.6 Å². The van der Waals surface area contributed by atoms with Crippen LogP contribution in [0.1, 0.15) is 23.1 Å². The molecule has 0 aromatic heterocycles. The van der Waals surface area contributed by atoms with E-state index in [-0.39, 0.29) is 49.1 Å². The van der Waals surface area contributed by atoms with Gasteiger partial charge in [0.05, 0.1) is 30.8 Å². The molecule has 212 valence electrons. The molecule has 2 N–H and O–H groups in total. The Bertz CT molecular complexity index is 1380. The van der Waals surface area contributed by atoms with Crippen LogP contribution in [0.3, 0.4) is 0 Å². The Morgan fingerprint density at radius 3 is 2.35 bits per heavy atom. The van der Waals surface area contributed by atoms with Gasteiger partial charge in [0.1, 0.15) is 5.82 Å². The van der Waals surface area contributed by atoms with Crippen molar-refractivity contribution < 1.29 is 45.5 Å². The zero-order chi connectivity index (χ0) is 29.1. The molecule has 2 aliphatic heterocycles. The molecule has 4 rings (SSSR count). The van der Waals surface area contributed by atoms with E-state index in [4.69, 9.17) is 4.74 Å². The van der Waals surface area contributed by atoms with E-state index >= 15 is 0 Å².